The van der Waals surface area contributed by atoms with Crippen LogP contribution < -0.4 is 0 Å². The maximum atomic E-state index is 3.65. The van der Waals surface area contributed by atoms with Crippen molar-refractivity contribution in [2.24, 2.45) is 35.0 Å². The predicted molar refractivity (Wildman–Crippen MR) is 235 cm³/mol. The molecule has 4 fully saturated rings. The maximum absolute atomic E-state index is 3.65. The third kappa shape index (κ3) is 7.92. The molecule has 0 heterocycles. The number of benzene rings is 3. The first kappa shape index (κ1) is 44.7. The minimum absolute atomic E-state index is 0. The first-order valence-corrected chi connectivity index (χ1v) is 21.2. The smallest absolute Gasteiger partial charge is 0.358 e. The number of hydrogen-bond donors (Lipinski definition) is 0. The van der Waals surface area contributed by atoms with Crippen LogP contribution in [0.3, 0.4) is 0 Å². The summed E-state index contributed by atoms with van der Waals surface area (Å²) in [6.45, 7) is 20.6. The molecule has 0 nitrogen and oxygen atoms in total. The summed E-state index contributed by atoms with van der Waals surface area (Å²) in [6.07, 6.45) is 23.1. The molecule has 0 radical (unpaired) electrons. The second kappa shape index (κ2) is 16.8. The number of fused-ring (bicyclic) bond motifs is 5. The van der Waals surface area contributed by atoms with Crippen LogP contribution >= 0.6 is 24.8 Å². The van der Waals surface area contributed by atoms with Crippen molar-refractivity contribution in [3.05, 3.63) is 137 Å². The zero-order valence-corrected chi connectivity index (χ0v) is 38.6. The van der Waals surface area contributed by atoms with Gasteiger partial charge in [0.05, 0.1) is 0 Å². The summed E-state index contributed by atoms with van der Waals surface area (Å²) in [5, 5.41) is 0. The molecule has 8 aliphatic carbocycles. The molecule has 8 aliphatic rings. The van der Waals surface area contributed by atoms with E-state index in [4.69, 9.17) is 0 Å². The fraction of sp³-hybridized carbons (Fsp3) is 0.451. The Morgan fingerprint density at radius 3 is 1.76 bits per heavy atom. The first-order valence-electron chi connectivity index (χ1n) is 19.5. The Morgan fingerprint density at radius 2 is 1.26 bits per heavy atom. The second-order valence-electron chi connectivity index (χ2n) is 18.1. The van der Waals surface area contributed by atoms with Gasteiger partial charge in [-0.2, -0.15) is 53.1 Å². The number of hydrogen-bond acceptors (Lipinski definition) is 0. The maximum Gasteiger partial charge on any atom is -0.358 e. The third-order valence-corrected chi connectivity index (χ3v) is 13.7. The molecule has 1 unspecified atom stereocenters. The van der Waals surface area contributed by atoms with E-state index in [-0.39, 0.29) is 43.1 Å². The van der Waals surface area contributed by atoms with Crippen LogP contribution in [0.15, 0.2) is 72.3 Å². The molecule has 1 atom stereocenters. The second-order valence-corrected chi connectivity index (χ2v) is 18.1. The van der Waals surface area contributed by atoms with Crippen LogP contribution in [-0.2, 0) is 41.5 Å². The Bertz CT molecular complexity index is 1860. The molecule has 3 heteroatoms. The summed E-state index contributed by atoms with van der Waals surface area (Å²) in [5.74, 6) is 4.68. The van der Waals surface area contributed by atoms with Gasteiger partial charge in [-0.05, 0) is 114 Å². The standard InChI is InChI=1S/C25H25.C17H23.C7H7.CH3.CH2.2ClH.Zr/c1-14-12-24(3,4)22-8-16-7-17-9-23-19(15(2)13-25(23,5)6)11-21(17)20(16)10-18(14)22;1-11-3-4-14(5-11)17(2)15-7-12-6-13(9-15)10-16(17)8-12;1-7-5-3-2-4-6-7;;;;;/h8-12H,7H2,1-6H3;4-5,11-13,15-16H,6-10H2,1-2H3;3-6H,1H3;1H3;1H2;2*1H;/q4*-1;;;;. The molecule has 0 aliphatic heterocycles. The van der Waals surface area contributed by atoms with Gasteiger partial charge in [0.15, 0.2) is 0 Å². The van der Waals surface area contributed by atoms with Crippen LogP contribution in [0.1, 0.15) is 126 Å². The molecule has 0 spiro atoms. The van der Waals surface area contributed by atoms with E-state index < -0.39 is 0 Å². The molecular weight excluding hydrogens is 775 g/mol. The Balaban J connectivity index is 0.000000195. The summed E-state index contributed by atoms with van der Waals surface area (Å²) >= 11 is 1.30. The van der Waals surface area contributed by atoms with Crippen molar-refractivity contribution < 1.29 is 24.2 Å². The van der Waals surface area contributed by atoms with E-state index in [1.54, 1.807) is 12.0 Å². The van der Waals surface area contributed by atoms with Crippen molar-refractivity contribution >= 4 is 40.2 Å². The Kier molecular flexibility index (Phi) is 13.9. The minimum Gasteiger partial charge on any atom is -0.358 e. The van der Waals surface area contributed by atoms with Crippen LogP contribution in [0.25, 0.3) is 22.3 Å². The summed E-state index contributed by atoms with van der Waals surface area (Å²) in [6, 6.07) is 20.6. The van der Waals surface area contributed by atoms with E-state index in [9.17, 15) is 0 Å². The Labute approximate surface area is 356 Å². The van der Waals surface area contributed by atoms with Crippen LogP contribution in [0, 0.1) is 67.6 Å². The van der Waals surface area contributed by atoms with E-state index >= 15 is 0 Å². The van der Waals surface area contributed by atoms with Gasteiger partial charge < -0.3 is 7.43 Å². The molecule has 3 aromatic rings. The van der Waals surface area contributed by atoms with Crippen molar-refractivity contribution in [1.82, 2.24) is 0 Å². The zero-order valence-electron chi connectivity index (χ0n) is 34.5. The van der Waals surface area contributed by atoms with E-state index in [2.05, 4.69) is 127 Å². The van der Waals surface area contributed by atoms with E-state index in [1.807, 2.05) is 24.3 Å². The quantitative estimate of drug-likeness (QED) is 0.168. The normalized spacial score (nSPS) is 28.1. The van der Waals surface area contributed by atoms with Crippen molar-refractivity contribution in [2.45, 2.75) is 112 Å². The van der Waals surface area contributed by atoms with E-state index in [0.717, 1.165) is 30.1 Å². The van der Waals surface area contributed by atoms with Gasteiger partial charge in [-0.25, -0.2) is 11.6 Å². The zero-order chi connectivity index (χ0) is 36.5. The topological polar surface area (TPSA) is 0 Å². The van der Waals surface area contributed by atoms with E-state index in [1.165, 1.54) is 111 Å². The van der Waals surface area contributed by atoms with Crippen molar-refractivity contribution in [3.8, 4) is 11.1 Å². The molecule has 4 saturated carbocycles. The summed E-state index contributed by atoms with van der Waals surface area (Å²) in [5.41, 5.74) is 18.0. The molecule has 11 rings (SSSR count). The summed E-state index contributed by atoms with van der Waals surface area (Å²) < 4.78 is 3.34. The molecule has 288 valence electrons. The Morgan fingerprint density at radius 1 is 0.722 bits per heavy atom. The average Bonchev–Trinajstić information content (AvgIpc) is 3.80. The number of rotatable bonds is 1. The average molecular weight is 837 g/mol. The molecule has 0 saturated heterocycles. The monoisotopic (exact) mass is 834 g/mol. The minimum atomic E-state index is 0. The van der Waals surface area contributed by atoms with Crippen molar-refractivity contribution in [1.29, 1.82) is 0 Å². The van der Waals surface area contributed by atoms with Crippen LogP contribution in [-0.4, -0.2) is 4.21 Å². The Hall–Kier alpha value is -2.05. The van der Waals surface area contributed by atoms with Gasteiger partial charge >= 0.3 is 28.4 Å². The first-order chi connectivity index (χ1) is 24.2. The number of allylic oxidation sites excluding steroid dienone is 8. The van der Waals surface area contributed by atoms with Crippen LogP contribution in [0.4, 0.5) is 0 Å². The molecule has 0 N–H and O–H groups in total. The van der Waals surface area contributed by atoms with Gasteiger partial charge in [-0.3, -0.25) is 12.2 Å². The number of aryl methyl sites for hydroxylation is 1. The third-order valence-electron chi connectivity index (χ3n) is 13.7. The van der Waals surface area contributed by atoms with E-state index in [0.29, 0.717) is 11.3 Å². The van der Waals surface area contributed by atoms with Crippen LogP contribution in [0.2, 0.25) is 0 Å². The summed E-state index contributed by atoms with van der Waals surface area (Å²) in [4.78, 5) is 0. The van der Waals surface area contributed by atoms with Gasteiger partial charge in [0, 0.05) is 5.41 Å². The molecule has 3 aromatic carbocycles. The predicted octanol–water partition coefficient (Wildman–Crippen LogP) is 13.9. The van der Waals surface area contributed by atoms with Crippen molar-refractivity contribution in [2.75, 3.05) is 0 Å². The molecule has 0 amide bonds. The van der Waals surface area contributed by atoms with Gasteiger partial charge in [0.2, 0.25) is 0 Å². The SMILES string of the molecule is CC1=[C-]C(C)(C)c2cc3c(cc21)-c1cc2c(cc1C3)C(C)(C)C=C2C.CC1[C-]=CC(C2(C)C3CC4CC(C3)CC2C4)=C1.Cc1cc[c-]cc1.Cl.Cl.[CH2]=[Zr].[CH3-]. The summed E-state index contributed by atoms with van der Waals surface area (Å²) in [7, 11) is 0. The largest absolute Gasteiger partial charge is 0.358 e. The van der Waals surface area contributed by atoms with Gasteiger partial charge in [-0.1, -0.05) is 90.3 Å². The molecule has 0 aromatic heterocycles. The number of halogens is 2. The molecular formula is C51H62Cl2Zr-4. The van der Waals surface area contributed by atoms with Crippen LogP contribution in [0.5, 0.6) is 0 Å². The fourth-order valence-electron chi connectivity index (χ4n) is 11.3. The molecule has 54 heavy (non-hydrogen) atoms. The fourth-order valence-corrected chi connectivity index (χ4v) is 11.3. The van der Waals surface area contributed by atoms with Gasteiger partial charge in [0.25, 0.3) is 0 Å². The van der Waals surface area contributed by atoms with Gasteiger partial charge in [0.1, 0.15) is 0 Å². The van der Waals surface area contributed by atoms with Gasteiger partial charge in [-0.15, -0.1) is 36.4 Å². The van der Waals surface area contributed by atoms with Crippen molar-refractivity contribution in [3.63, 3.8) is 0 Å². The molecule has 4 bridgehead atoms.